The number of aromatic hydroxyl groups is 1. The number of phenols is 1. The second-order valence-corrected chi connectivity index (χ2v) is 13.2. The number of carbonyl (C=O) groups is 1. The Kier molecular flexibility index (Phi) is 7.50. The molecule has 3 aliphatic heterocycles. The Morgan fingerprint density at radius 1 is 0.935 bits per heavy atom. The average molecular weight is 655 g/mol. The van der Waals surface area contributed by atoms with Crippen LogP contribution in [-0.2, 0) is 23.7 Å². The van der Waals surface area contributed by atoms with Gasteiger partial charge in [-0.1, -0.05) is 6.07 Å². The van der Waals surface area contributed by atoms with Crippen LogP contribution >= 0.6 is 11.3 Å². The van der Waals surface area contributed by atoms with Crippen molar-refractivity contribution in [2.75, 3.05) is 34.2 Å². The number of esters is 1. The van der Waals surface area contributed by atoms with E-state index in [0.29, 0.717) is 30.1 Å². The van der Waals surface area contributed by atoms with Gasteiger partial charge >= 0.3 is 5.97 Å². The molecule has 244 valence electrons. The molecule has 3 N–H and O–H groups in total. The Hall–Kier alpha value is -3.59. The van der Waals surface area contributed by atoms with Crippen LogP contribution in [0.5, 0.6) is 28.7 Å². The van der Waals surface area contributed by atoms with E-state index >= 15 is 0 Å². The van der Waals surface area contributed by atoms with Crippen molar-refractivity contribution in [3.63, 3.8) is 0 Å². The fourth-order valence-electron chi connectivity index (χ4n) is 7.69. The molecule has 5 aliphatic rings. The Morgan fingerprint density at radius 3 is 2.37 bits per heavy atom. The zero-order valence-electron chi connectivity index (χ0n) is 25.1. The highest BCUT2D eigenvalue weighted by Gasteiger charge is 2.55. The van der Waals surface area contributed by atoms with Gasteiger partial charge in [-0.15, -0.1) is 11.3 Å². The minimum atomic E-state index is -1.25. The van der Waals surface area contributed by atoms with Crippen LogP contribution in [0.4, 0.5) is 0 Å². The Balaban J connectivity index is 1.16. The first-order valence-electron chi connectivity index (χ1n) is 15.2. The molecule has 0 amide bonds. The van der Waals surface area contributed by atoms with E-state index in [1.54, 1.807) is 12.1 Å². The number of hydrogen-bond donors (Lipinski definition) is 3. The Labute approximate surface area is 268 Å². The monoisotopic (exact) mass is 654 g/mol. The summed E-state index contributed by atoms with van der Waals surface area (Å²) < 4.78 is 47.0. The molecule has 0 bridgehead atoms. The summed E-state index contributed by atoms with van der Waals surface area (Å²) in [6, 6.07) is 10.9. The summed E-state index contributed by atoms with van der Waals surface area (Å²) in [6.45, 7) is 0.474. The molecule has 2 aliphatic carbocycles. The molecule has 0 radical (unpaired) electrons. The Bertz CT molecular complexity index is 1600. The summed E-state index contributed by atoms with van der Waals surface area (Å²) in [4.78, 5) is 14.4. The summed E-state index contributed by atoms with van der Waals surface area (Å²) >= 11 is 1.50. The fraction of sp³-hybridized carbons (Fsp3) is 0.485. The molecule has 6 unspecified atom stereocenters. The first-order valence-corrected chi connectivity index (χ1v) is 16.1. The van der Waals surface area contributed by atoms with Gasteiger partial charge in [0, 0.05) is 17.8 Å². The number of thiophene rings is 1. The van der Waals surface area contributed by atoms with Gasteiger partial charge in [0.2, 0.25) is 12.5 Å². The van der Waals surface area contributed by atoms with Crippen LogP contribution in [0.15, 0.2) is 41.8 Å². The van der Waals surface area contributed by atoms with Crippen molar-refractivity contribution >= 4 is 17.3 Å². The van der Waals surface area contributed by atoms with E-state index in [1.807, 2.05) is 29.6 Å². The SMILES string of the molecule is COc1cc([C@@H]2c3cc4c(cc3[C@@H](OC3CC5COC(c6cccs6)OC5C(O)C3O)[C@H]3COC(=O)[C@H]23)OCO4)cc(OC)c1O. The van der Waals surface area contributed by atoms with Crippen molar-refractivity contribution < 1.29 is 58.0 Å². The zero-order valence-corrected chi connectivity index (χ0v) is 25.9. The lowest BCUT2D eigenvalue weighted by Crippen LogP contribution is -2.58. The molecule has 4 heterocycles. The molecule has 1 aromatic heterocycles. The van der Waals surface area contributed by atoms with Crippen molar-refractivity contribution in [3.05, 3.63) is 63.3 Å². The van der Waals surface area contributed by atoms with Gasteiger partial charge in [-0.3, -0.25) is 4.79 Å². The average Bonchev–Trinajstić information content (AvgIpc) is 3.85. The van der Waals surface area contributed by atoms with Gasteiger partial charge in [-0.2, -0.15) is 0 Å². The molecule has 12 nitrogen and oxygen atoms in total. The topological polar surface area (TPSA) is 152 Å². The predicted molar refractivity (Wildman–Crippen MR) is 159 cm³/mol. The van der Waals surface area contributed by atoms with Crippen molar-refractivity contribution in [2.24, 2.45) is 17.8 Å². The van der Waals surface area contributed by atoms with Gasteiger partial charge in [0.25, 0.3) is 0 Å². The summed E-state index contributed by atoms with van der Waals surface area (Å²) in [5.74, 6) is -0.960. The van der Waals surface area contributed by atoms with Gasteiger partial charge in [0.15, 0.2) is 29.3 Å². The minimum Gasteiger partial charge on any atom is -0.502 e. The second-order valence-electron chi connectivity index (χ2n) is 12.3. The van der Waals surface area contributed by atoms with Crippen LogP contribution in [0.3, 0.4) is 0 Å². The summed E-state index contributed by atoms with van der Waals surface area (Å²) in [5.41, 5.74) is 2.17. The molecule has 3 fully saturated rings. The van der Waals surface area contributed by atoms with E-state index in [-0.39, 0.29) is 36.6 Å². The maximum Gasteiger partial charge on any atom is 0.310 e. The number of carbonyl (C=O) groups excluding carboxylic acids is 1. The summed E-state index contributed by atoms with van der Waals surface area (Å²) in [6.07, 6.45) is -4.80. The molecular weight excluding hydrogens is 620 g/mol. The number of hydrogen-bond acceptors (Lipinski definition) is 13. The van der Waals surface area contributed by atoms with Gasteiger partial charge in [0.05, 0.1) is 56.5 Å². The van der Waals surface area contributed by atoms with Gasteiger partial charge in [-0.05, 0) is 58.8 Å². The zero-order chi connectivity index (χ0) is 31.7. The van der Waals surface area contributed by atoms with Crippen LogP contribution in [0, 0.1) is 17.8 Å². The second kappa shape index (κ2) is 11.6. The lowest BCUT2D eigenvalue weighted by molar-refractivity contribution is -0.297. The van der Waals surface area contributed by atoms with Crippen LogP contribution < -0.4 is 18.9 Å². The third-order valence-corrected chi connectivity index (χ3v) is 10.8. The smallest absolute Gasteiger partial charge is 0.310 e. The molecule has 46 heavy (non-hydrogen) atoms. The first kappa shape index (κ1) is 29.8. The predicted octanol–water partition coefficient (Wildman–Crippen LogP) is 3.42. The molecule has 0 spiro atoms. The number of methoxy groups -OCH3 is 2. The number of phenolic OH excluding ortho intramolecular Hbond substituents is 1. The number of aliphatic hydroxyl groups excluding tert-OH is 2. The fourth-order valence-corrected chi connectivity index (χ4v) is 8.40. The van der Waals surface area contributed by atoms with E-state index < -0.39 is 60.5 Å². The van der Waals surface area contributed by atoms with Crippen molar-refractivity contribution in [3.8, 4) is 28.7 Å². The van der Waals surface area contributed by atoms with Crippen LogP contribution in [0.1, 0.15) is 46.3 Å². The quantitative estimate of drug-likeness (QED) is 0.334. The standard InChI is InChI=1S/C33H34O12S/c1-38-21-6-14(7-22(39-2)27(21)34)25-16-9-19-20(43-13-42-19)10-17(16)31(18-12-40-32(37)26(18)25)44-23-8-15-11-41-33(24-4-3-5-46-24)45-30(15)29(36)28(23)35/h3-7,9-10,15,18,23,25-26,28-31,33-36H,8,11-13H2,1-2H3/t15?,18-,23?,25+,26-,28?,29?,30?,31+,33?/m0/s1. The number of fused-ring (bicyclic) bond motifs is 4. The highest BCUT2D eigenvalue weighted by Crippen LogP contribution is 2.57. The molecule has 2 saturated heterocycles. The van der Waals surface area contributed by atoms with Gasteiger partial charge in [0.1, 0.15) is 12.2 Å². The first-order chi connectivity index (χ1) is 22.4. The van der Waals surface area contributed by atoms with Crippen molar-refractivity contribution in [2.45, 2.75) is 49.1 Å². The highest BCUT2D eigenvalue weighted by molar-refractivity contribution is 7.10. The normalized spacial score (nSPS) is 34.3. The van der Waals surface area contributed by atoms with Crippen LogP contribution in [0.2, 0.25) is 0 Å². The Morgan fingerprint density at radius 2 is 1.67 bits per heavy atom. The van der Waals surface area contributed by atoms with Gasteiger partial charge < -0.3 is 53.2 Å². The highest BCUT2D eigenvalue weighted by atomic mass is 32.1. The molecule has 13 heteroatoms. The van der Waals surface area contributed by atoms with E-state index in [0.717, 1.165) is 16.0 Å². The lowest BCUT2D eigenvalue weighted by Gasteiger charge is -2.48. The lowest BCUT2D eigenvalue weighted by atomic mass is 9.66. The summed E-state index contributed by atoms with van der Waals surface area (Å²) in [5, 5.41) is 35.3. The number of benzene rings is 2. The minimum absolute atomic E-state index is 0.0488. The van der Waals surface area contributed by atoms with E-state index in [1.165, 1.54) is 25.6 Å². The maximum atomic E-state index is 13.5. The number of cyclic esters (lactones) is 1. The largest absolute Gasteiger partial charge is 0.502 e. The van der Waals surface area contributed by atoms with E-state index in [9.17, 15) is 20.1 Å². The molecule has 3 aromatic rings. The van der Waals surface area contributed by atoms with Gasteiger partial charge in [-0.25, -0.2) is 0 Å². The number of rotatable bonds is 6. The van der Waals surface area contributed by atoms with E-state index in [4.69, 9.17) is 37.9 Å². The third kappa shape index (κ3) is 4.71. The molecule has 2 aromatic carbocycles. The van der Waals surface area contributed by atoms with Crippen molar-refractivity contribution in [1.29, 1.82) is 0 Å². The van der Waals surface area contributed by atoms with Crippen LogP contribution in [-0.4, -0.2) is 79.9 Å². The van der Waals surface area contributed by atoms with Crippen molar-refractivity contribution in [1.82, 2.24) is 0 Å². The van der Waals surface area contributed by atoms with E-state index in [2.05, 4.69) is 0 Å². The van der Waals surface area contributed by atoms with Crippen LogP contribution in [0.25, 0.3) is 0 Å². The maximum absolute atomic E-state index is 13.5. The number of aliphatic hydroxyl groups is 2. The molecular formula is C33H34O12S. The molecule has 10 atom stereocenters. The third-order valence-electron chi connectivity index (χ3n) is 9.89. The molecule has 1 saturated carbocycles. The number of ether oxygens (including phenoxy) is 8. The molecule has 8 rings (SSSR count). The summed E-state index contributed by atoms with van der Waals surface area (Å²) in [7, 11) is 2.89.